The van der Waals surface area contributed by atoms with Crippen molar-refractivity contribution in [2.45, 2.75) is 19.1 Å². The number of hydrogen-bond acceptors (Lipinski definition) is 3. The van der Waals surface area contributed by atoms with Crippen molar-refractivity contribution in [2.75, 3.05) is 13.1 Å². The quantitative estimate of drug-likeness (QED) is 0.871. The number of nitrogens with zero attached hydrogens (tertiary/aromatic N) is 1. The summed E-state index contributed by atoms with van der Waals surface area (Å²) in [5, 5.41) is 0. The summed E-state index contributed by atoms with van der Waals surface area (Å²) in [5.41, 5.74) is 6.34. The SMILES string of the molecule is CC(c1ccc(F)cc1)N1CC(CN)OC1=O. The van der Waals surface area contributed by atoms with Gasteiger partial charge in [0.2, 0.25) is 0 Å². The molecule has 2 rings (SSSR count). The minimum Gasteiger partial charge on any atom is -0.443 e. The zero-order valence-corrected chi connectivity index (χ0v) is 9.60. The Kier molecular flexibility index (Phi) is 3.28. The molecule has 17 heavy (non-hydrogen) atoms. The Morgan fingerprint density at radius 3 is 2.71 bits per heavy atom. The van der Waals surface area contributed by atoms with E-state index in [-0.39, 0.29) is 24.1 Å². The fraction of sp³-hybridized carbons (Fsp3) is 0.417. The van der Waals surface area contributed by atoms with Gasteiger partial charge in [0.05, 0.1) is 12.6 Å². The number of carbonyl (C=O) groups excluding carboxylic acids is 1. The van der Waals surface area contributed by atoms with E-state index in [9.17, 15) is 9.18 Å². The van der Waals surface area contributed by atoms with Gasteiger partial charge >= 0.3 is 6.09 Å². The normalized spacial score (nSPS) is 21.5. The molecule has 2 unspecified atom stereocenters. The molecule has 0 spiro atoms. The Labute approximate surface area is 99.2 Å². The first-order valence-corrected chi connectivity index (χ1v) is 5.54. The summed E-state index contributed by atoms with van der Waals surface area (Å²) in [6, 6.07) is 5.97. The van der Waals surface area contributed by atoms with Crippen molar-refractivity contribution < 1.29 is 13.9 Å². The number of hydrogen-bond donors (Lipinski definition) is 1. The lowest BCUT2D eigenvalue weighted by atomic mass is 10.1. The molecule has 1 aliphatic rings. The van der Waals surface area contributed by atoms with Crippen LogP contribution in [0.25, 0.3) is 0 Å². The standard InChI is InChI=1S/C12H15FN2O2/c1-8(9-2-4-10(13)5-3-9)15-7-11(6-14)17-12(15)16/h2-5,8,11H,6-7,14H2,1H3. The fourth-order valence-electron chi connectivity index (χ4n) is 1.90. The molecule has 0 radical (unpaired) electrons. The maximum atomic E-state index is 12.8. The number of nitrogens with two attached hydrogens (primary N) is 1. The van der Waals surface area contributed by atoms with Gasteiger partial charge in [-0.3, -0.25) is 4.90 Å². The minimum absolute atomic E-state index is 0.139. The molecular weight excluding hydrogens is 223 g/mol. The summed E-state index contributed by atoms with van der Waals surface area (Å²) < 4.78 is 17.9. The van der Waals surface area contributed by atoms with Crippen molar-refractivity contribution in [1.82, 2.24) is 4.90 Å². The second-order valence-electron chi connectivity index (χ2n) is 4.12. The van der Waals surface area contributed by atoms with Gasteiger partial charge in [0.25, 0.3) is 0 Å². The summed E-state index contributed by atoms with van der Waals surface area (Å²) >= 11 is 0. The van der Waals surface area contributed by atoms with Crippen LogP contribution in [0.15, 0.2) is 24.3 Å². The summed E-state index contributed by atoms with van der Waals surface area (Å²) in [4.78, 5) is 13.2. The minimum atomic E-state index is -0.364. The highest BCUT2D eigenvalue weighted by Crippen LogP contribution is 2.25. The largest absolute Gasteiger partial charge is 0.443 e. The van der Waals surface area contributed by atoms with Crippen molar-refractivity contribution >= 4 is 6.09 Å². The molecule has 2 N–H and O–H groups in total. The number of benzene rings is 1. The third-order valence-electron chi connectivity index (χ3n) is 2.99. The Balaban J connectivity index is 2.12. The number of carbonyl (C=O) groups is 1. The summed E-state index contributed by atoms with van der Waals surface area (Å²) in [6.07, 6.45) is -0.609. The average Bonchev–Trinajstić information content (AvgIpc) is 2.71. The van der Waals surface area contributed by atoms with Gasteiger partial charge < -0.3 is 10.5 Å². The topological polar surface area (TPSA) is 55.6 Å². The van der Waals surface area contributed by atoms with Crippen molar-refractivity contribution in [1.29, 1.82) is 0 Å². The predicted molar refractivity (Wildman–Crippen MR) is 60.8 cm³/mol. The van der Waals surface area contributed by atoms with Crippen LogP contribution in [0.1, 0.15) is 18.5 Å². The van der Waals surface area contributed by atoms with E-state index in [1.165, 1.54) is 12.1 Å². The Morgan fingerprint density at radius 1 is 1.53 bits per heavy atom. The molecule has 1 aromatic rings. The molecule has 0 saturated carbocycles. The van der Waals surface area contributed by atoms with Gasteiger partial charge in [-0.25, -0.2) is 9.18 Å². The molecule has 1 aromatic carbocycles. The van der Waals surface area contributed by atoms with Crippen LogP contribution in [0.5, 0.6) is 0 Å². The van der Waals surface area contributed by atoms with Gasteiger partial charge in [0.1, 0.15) is 11.9 Å². The maximum Gasteiger partial charge on any atom is 0.410 e. The van der Waals surface area contributed by atoms with E-state index in [1.54, 1.807) is 17.0 Å². The molecular formula is C12H15FN2O2. The zero-order valence-electron chi connectivity index (χ0n) is 9.60. The highest BCUT2D eigenvalue weighted by molar-refractivity contribution is 5.70. The predicted octanol–water partition coefficient (Wildman–Crippen LogP) is 1.67. The van der Waals surface area contributed by atoms with Gasteiger partial charge in [-0.1, -0.05) is 12.1 Å². The van der Waals surface area contributed by atoms with Crippen molar-refractivity contribution in [3.8, 4) is 0 Å². The first kappa shape index (κ1) is 11.9. The molecule has 0 bridgehead atoms. The smallest absolute Gasteiger partial charge is 0.410 e. The van der Waals surface area contributed by atoms with Gasteiger partial charge in [-0.15, -0.1) is 0 Å². The van der Waals surface area contributed by atoms with E-state index in [0.29, 0.717) is 13.1 Å². The molecule has 1 saturated heterocycles. The Bertz CT molecular complexity index is 407. The lowest BCUT2D eigenvalue weighted by Gasteiger charge is -2.22. The molecule has 0 aromatic heterocycles. The second kappa shape index (κ2) is 4.71. The first-order valence-electron chi connectivity index (χ1n) is 5.54. The van der Waals surface area contributed by atoms with E-state index in [1.807, 2.05) is 6.92 Å². The van der Waals surface area contributed by atoms with Crippen LogP contribution in [-0.2, 0) is 4.74 Å². The Morgan fingerprint density at radius 2 is 2.18 bits per heavy atom. The van der Waals surface area contributed by atoms with E-state index >= 15 is 0 Å². The van der Waals surface area contributed by atoms with Crippen LogP contribution in [0.2, 0.25) is 0 Å². The number of halogens is 1. The third kappa shape index (κ3) is 2.39. The van der Waals surface area contributed by atoms with Crippen LogP contribution in [0, 0.1) is 5.82 Å². The van der Waals surface area contributed by atoms with Crippen LogP contribution in [-0.4, -0.2) is 30.2 Å². The van der Waals surface area contributed by atoms with Crippen LogP contribution in [0.4, 0.5) is 9.18 Å². The zero-order chi connectivity index (χ0) is 12.4. The molecule has 2 atom stereocenters. The number of amides is 1. The van der Waals surface area contributed by atoms with E-state index in [4.69, 9.17) is 10.5 Å². The van der Waals surface area contributed by atoms with Crippen molar-refractivity contribution in [2.24, 2.45) is 5.73 Å². The third-order valence-corrected chi connectivity index (χ3v) is 2.99. The van der Waals surface area contributed by atoms with Gasteiger partial charge in [0.15, 0.2) is 0 Å². The molecule has 0 aliphatic carbocycles. The maximum absolute atomic E-state index is 12.8. The van der Waals surface area contributed by atoms with Gasteiger partial charge in [-0.2, -0.15) is 0 Å². The van der Waals surface area contributed by atoms with E-state index < -0.39 is 0 Å². The van der Waals surface area contributed by atoms with Crippen molar-refractivity contribution in [3.63, 3.8) is 0 Å². The molecule has 4 nitrogen and oxygen atoms in total. The second-order valence-corrected chi connectivity index (χ2v) is 4.12. The number of cyclic esters (lactones) is 1. The highest BCUT2D eigenvalue weighted by Gasteiger charge is 2.33. The molecule has 1 heterocycles. The molecule has 1 fully saturated rings. The first-order chi connectivity index (χ1) is 8.11. The van der Waals surface area contributed by atoms with E-state index in [2.05, 4.69) is 0 Å². The number of ether oxygens (including phenoxy) is 1. The van der Waals surface area contributed by atoms with Crippen LogP contribution in [0.3, 0.4) is 0 Å². The molecule has 92 valence electrons. The summed E-state index contributed by atoms with van der Waals surface area (Å²) in [6.45, 7) is 2.68. The van der Waals surface area contributed by atoms with Crippen LogP contribution < -0.4 is 5.73 Å². The lowest BCUT2D eigenvalue weighted by molar-refractivity contribution is 0.131. The summed E-state index contributed by atoms with van der Waals surface area (Å²) in [7, 11) is 0. The molecule has 1 aliphatic heterocycles. The van der Waals surface area contributed by atoms with Crippen LogP contribution >= 0.6 is 0 Å². The lowest BCUT2D eigenvalue weighted by Crippen LogP contribution is -2.30. The Hall–Kier alpha value is -1.62. The van der Waals surface area contributed by atoms with Gasteiger partial charge in [0, 0.05) is 6.54 Å². The molecule has 1 amide bonds. The van der Waals surface area contributed by atoms with E-state index in [0.717, 1.165) is 5.56 Å². The monoisotopic (exact) mass is 238 g/mol. The molecule has 5 heteroatoms. The van der Waals surface area contributed by atoms with Crippen molar-refractivity contribution in [3.05, 3.63) is 35.6 Å². The number of rotatable bonds is 3. The van der Waals surface area contributed by atoms with Gasteiger partial charge in [-0.05, 0) is 24.6 Å². The average molecular weight is 238 g/mol. The highest BCUT2D eigenvalue weighted by atomic mass is 19.1. The summed E-state index contributed by atoms with van der Waals surface area (Å²) in [5.74, 6) is -0.287. The fourth-order valence-corrected chi connectivity index (χ4v) is 1.90.